The van der Waals surface area contributed by atoms with Crippen molar-refractivity contribution >= 4 is 23.2 Å². The van der Waals surface area contributed by atoms with E-state index >= 15 is 0 Å². The summed E-state index contributed by atoms with van der Waals surface area (Å²) in [6, 6.07) is 9.48. The number of carbonyl (C=O) groups is 1. The van der Waals surface area contributed by atoms with Crippen LogP contribution in [0, 0.1) is 11.6 Å². The lowest BCUT2D eigenvalue weighted by Gasteiger charge is -2.35. The van der Waals surface area contributed by atoms with Crippen molar-refractivity contribution in [3.8, 4) is 0 Å². The summed E-state index contributed by atoms with van der Waals surface area (Å²) < 4.78 is 29.6. The van der Waals surface area contributed by atoms with Crippen LogP contribution in [0.3, 0.4) is 0 Å². The first kappa shape index (κ1) is 23.2. The third-order valence-corrected chi connectivity index (χ3v) is 5.31. The quantitative estimate of drug-likeness (QED) is 0.382. The van der Waals surface area contributed by atoms with Crippen molar-refractivity contribution in [1.29, 1.82) is 0 Å². The Morgan fingerprint density at radius 1 is 1.31 bits per heavy atom. The third-order valence-electron chi connectivity index (χ3n) is 5.22. The van der Waals surface area contributed by atoms with Crippen molar-refractivity contribution in [1.82, 2.24) is 25.2 Å². The standard InChI is InChI=1S/C21H22F2N6O2S/c1-13(14-3-5-15(6-4-14)19(30)28(2)27-20(24)32)21(31,10-29-12-25-11-26-29)17-8-7-16(22)9-18(17)23/h3-9,11-13,31H,10H2,1-2H3,(H3,24,27,32). The molecule has 4 N–H and O–H groups in total. The molecule has 0 radical (unpaired) electrons. The maximum absolute atomic E-state index is 14.7. The molecule has 11 heteroatoms. The lowest BCUT2D eigenvalue weighted by Crippen LogP contribution is -2.45. The van der Waals surface area contributed by atoms with Crippen LogP contribution in [0.4, 0.5) is 8.78 Å². The number of amides is 1. The summed E-state index contributed by atoms with van der Waals surface area (Å²) in [6.07, 6.45) is 2.69. The minimum absolute atomic E-state index is 0.0504. The summed E-state index contributed by atoms with van der Waals surface area (Å²) in [5.74, 6) is -2.67. The molecule has 3 aromatic rings. The topological polar surface area (TPSA) is 109 Å². The van der Waals surface area contributed by atoms with Crippen LogP contribution in [0.1, 0.15) is 34.3 Å². The molecule has 0 saturated heterocycles. The predicted molar refractivity (Wildman–Crippen MR) is 117 cm³/mol. The molecule has 0 aliphatic rings. The Morgan fingerprint density at radius 3 is 2.56 bits per heavy atom. The number of hydrazine groups is 1. The largest absolute Gasteiger partial charge is 0.382 e. The van der Waals surface area contributed by atoms with Gasteiger partial charge >= 0.3 is 0 Å². The van der Waals surface area contributed by atoms with Crippen molar-refractivity contribution in [2.24, 2.45) is 5.73 Å². The van der Waals surface area contributed by atoms with E-state index in [2.05, 4.69) is 15.5 Å². The summed E-state index contributed by atoms with van der Waals surface area (Å²) in [7, 11) is 1.48. The SMILES string of the molecule is CC(c1ccc(C(=O)N(C)NC(N)=S)cc1)C(O)(Cn1cncn1)c1ccc(F)cc1F. The monoisotopic (exact) mass is 460 g/mol. The van der Waals surface area contributed by atoms with Gasteiger partial charge in [-0.25, -0.2) is 18.4 Å². The molecule has 32 heavy (non-hydrogen) atoms. The Bertz CT molecular complexity index is 1110. The van der Waals surface area contributed by atoms with Crippen molar-refractivity contribution in [2.75, 3.05) is 7.05 Å². The molecule has 2 unspecified atom stereocenters. The zero-order valence-corrected chi connectivity index (χ0v) is 18.2. The van der Waals surface area contributed by atoms with E-state index in [0.29, 0.717) is 11.1 Å². The molecule has 8 nitrogen and oxygen atoms in total. The zero-order valence-electron chi connectivity index (χ0n) is 17.4. The van der Waals surface area contributed by atoms with Gasteiger partial charge in [0.05, 0.1) is 6.54 Å². The van der Waals surface area contributed by atoms with E-state index in [0.717, 1.165) is 17.1 Å². The highest BCUT2D eigenvalue weighted by Crippen LogP contribution is 2.39. The average molecular weight is 461 g/mol. The second-order valence-electron chi connectivity index (χ2n) is 7.33. The molecule has 0 aliphatic heterocycles. The molecule has 1 amide bonds. The molecular formula is C21H22F2N6O2S. The maximum Gasteiger partial charge on any atom is 0.271 e. The van der Waals surface area contributed by atoms with E-state index in [1.807, 2.05) is 0 Å². The van der Waals surface area contributed by atoms with Crippen LogP contribution in [-0.4, -0.2) is 42.9 Å². The van der Waals surface area contributed by atoms with Crippen molar-refractivity contribution in [3.05, 3.63) is 83.4 Å². The van der Waals surface area contributed by atoms with Crippen LogP contribution >= 0.6 is 12.2 Å². The summed E-state index contributed by atoms with van der Waals surface area (Å²) >= 11 is 4.73. The number of thiocarbonyl (C=S) groups is 1. The van der Waals surface area contributed by atoms with Crippen LogP contribution in [-0.2, 0) is 12.1 Å². The van der Waals surface area contributed by atoms with E-state index < -0.39 is 23.2 Å². The fraction of sp³-hybridized carbons (Fsp3) is 0.238. The highest BCUT2D eigenvalue weighted by Gasteiger charge is 2.40. The first-order valence-electron chi connectivity index (χ1n) is 9.56. The number of rotatable bonds is 6. The summed E-state index contributed by atoms with van der Waals surface area (Å²) in [5, 5.41) is 16.7. The van der Waals surface area contributed by atoms with Gasteiger partial charge in [-0.1, -0.05) is 25.1 Å². The first-order valence-corrected chi connectivity index (χ1v) is 9.97. The number of aliphatic hydroxyl groups is 1. The smallest absolute Gasteiger partial charge is 0.271 e. The number of nitrogens with one attached hydrogen (secondary N) is 1. The fourth-order valence-electron chi connectivity index (χ4n) is 3.46. The summed E-state index contributed by atoms with van der Waals surface area (Å²) in [5.41, 5.74) is 7.01. The van der Waals surface area contributed by atoms with Gasteiger partial charge in [0.25, 0.3) is 5.91 Å². The van der Waals surface area contributed by atoms with Gasteiger partial charge in [-0.2, -0.15) is 5.10 Å². The van der Waals surface area contributed by atoms with Gasteiger partial charge < -0.3 is 10.8 Å². The normalized spacial score (nSPS) is 13.8. The zero-order chi connectivity index (χ0) is 23.5. The lowest BCUT2D eigenvalue weighted by molar-refractivity contribution is -0.0112. The Kier molecular flexibility index (Phi) is 6.80. The minimum Gasteiger partial charge on any atom is -0.382 e. The van der Waals surface area contributed by atoms with Gasteiger partial charge in [-0.05, 0) is 36.0 Å². The first-order chi connectivity index (χ1) is 15.1. The molecule has 0 aliphatic carbocycles. The molecule has 3 rings (SSSR count). The molecule has 0 bridgehead atoms. The van der Waals surface area contributed by atoms with E-state index in [1.54, 1.807) is 31.2 Å². The van der Waals surface area contributed by atoms with E-state index in [4.69, 9.17) is 18.0 Å². The second kappa shape index (κ2) is 9.37. The van der Waals surface area contributed by atoms with Gasteiger partial charge in [0.1, 0.15) is 29.9 Å². The number of nitrogens with zero attached hydrogens (tertiary/aromatic N) is 4. The number of hydrogen-bond donors (Lipinski definition) is 3. The van der Waals surface area contributed by atoms with Crippen LogP contribution in [0.5, 0.6) is 0 Å². The molecule has 2 atom stereocenters. The molecular weight excluding hydrogens is 438 g/mol. The van der Waals surface area contributed by atoms with Gasteiger partial charge in [-0.3, -0.25) is 15.2 Å². The predicted octanol–water partition coefficient (Wildman–Crippen LogP) is 2.07. The Hall–Kier alpha value is -3.44. The molecule has 0 spiro atoms. The lowest BCUT2D eigenvalue weighted by atomic mass is 9.78. The van der Waals surface area contributed by atoms with Gasteiger partial charge in [0.2, 0.25) is 0 Å². The number of aromatic nitrogens is 3. The molecule has 2 aromatic carbocycles. The van der Waals surface area contributed by atoms with Crippen molar-refractivity contribution in [3.63, 3.8) is 0 Å². The Morgan fingerprint density at radius 2 is 2.00 bits per heavy atom. The Labute approximate surface area is 188 Å². The van der Waals surface area contributed by atoms with Crippen LogP contribution in [0.2, 0.25) is 0 Å². The van der Waals surface area contributed by atoms with E-state index in [9.17, 15) is 18.7 Å². The van der Waals surface area contributed by atoms with E-state index in [-0.39, 0.29) is 23.1 Å². The second-order valence-corrected chi connectivity index (χ2v) is 7.77. The van der Waals surface area contributed by atoms with Gasteiger partial charge in [0, 0.05) is 30.2 Å². The van der Waals surface area contributed by atoms with E-state index in [1.165, 1.54) is 30.5 Å². The third kappa shape index (κ3) is 4.89. The summed E-state index contributed by atoms with van der Waals surface area (Å²) in [6.45, 7) is 1.58. The highest BCUT2D eigenvalue weighted by atomic mass is 32.1. The number of carbonyl (C=O) groups excluding carboxylic acids is 1. The number of hydrogen-bond acceptors (Lipinski definition) is 5. The molecule has 0 saturated carbocycles. The molecule has 1 heterocycles. The minimum atomic E-state index is -1.79. The number of nitrogens with two attached hydrogens (primary N) is 1. The number of halogens is 2. The maximum atomic E-state index is 14.7. The van der Waals surface area contributed by atoms with Crippen molar-refractivity contribution in [2.45, 2.75) is 25.0 Å². The number of benzene rings is 2. The molecule has 168 valence electrons. The Balaban J connectivity index is 1.95. The van der Waals surface area contributed by atoms with Crippen molar-refractivity contribution < 1.29 is 18.7 Å². The van der Waals surface area contributed by atoms with Gasteiger partial charge in [-0.15, -0.1) is 0 Å². The molecule has 0 fully saturated rings. The highest BCUT2D eigenvalue weighted by molar-refractivity contribution is 7.80. The van der Waals surface area contributed by atoms with Crippen LogP contribution in [0.25, 0.3) is 0 Å². The average Bonchev–Trinajstić information content (AvgIpc) is 3.24. The fourth-order valence-corrected chi connectivity index (χ4v) is 3.59. The van der Waals surface area contributed by atoms with Gasteiger partial charge in [0.15, 0.2) is 5.11 Å². The van der Waals surface area contributed by atoms with Crippen LogP contribution in [0.15, 0.2) is 55.1 Å². The molecule has 1 aromatic heterocycles. The summed E-state index contributed by atoms with van der Waals surface area (Å²) in [4.78, 5) is 16.3. The van der Waals surface area contributed by atoms with Crippen LogP contribution < -0.4 is 11.2 Å².